The van der Waals surface area contributed by atoms with Crippen LogP contribution >= 0.6 is 11.3 Å². The summed E-state index contributed by atoms with van der Waals surface area (Å²) in [7, 11) is 5.45. The summed E-state index contributed by atoms with van der Waals surface area (Å²) in [5, 5.41) is 4.52. The van der Waals surface area contributed by atoms with Crippen molar-refractivity contribution >= 4 is 16.5 Å². The molecular weight excluding hydrogens is 274 g/mol. The molecule has 0 amide bonds. The molecule has 5 nitrogen and oxygen atoms in total. The van der Waals surface area contributed by atoms with Gasteiger partial charge in [0, 0.05) is 44.8 Å². The van der Waals surface area contributed by atoms with E-state index in [0.717, 1.165) is 23.9 Å². The predicted octanol–water partition coefficient (Wildman–Crippen LogP) is 2.26. The van der Waals surface area contributed by atoms with Gasteiger partial charge in [-0.1, -0.05) is 0 Å². The number of ether oxygens (including phenoxy) is 2. The standard InChI is InChI=1S/C14H27N3O2S/c1-14(2,3)15-9-12-11(10-19-6)16-13(20-12)17(4)7-8-18-5/h15H,7-10H2,1-6H3. The summed E-state index contributed by atoms with van der Waals surface area (Å²) >= 11 is 1.72. The van der Waals surface area contributed by atoms with Crippen LogP contribution in [0.2, 0.25) is 0 Å². The second-order valence-electron chi connectivity index (χ2n) is 5.82. The van der Waals surface area contributed by atoms with Crippen LogP contribution in [0.5, 0.6) is 0 Å². The zero-order valence-electron chi connectivity index (χ0n) is 13.4. The molecule has 20 heavy (non-hydrogen) atoms. The van der Waals surface area contributed by atoms with Crippen LogP contribution in [0.15, 0.2) is 0 Å². The summed E-state index contributed by atoms with van der Waals surface area (Å²) in [4.78, 5) is 8.03. The molecule has 1 N–H and O–H groups in total. The first-order valence-corrected chi connectivity index (χ1v) is 7.61. The Labute approximate surface area is 126 Å². The average molecular weight is 301 g/mol. The van der Waals surface area contributed by atoms with E-state index in [2.05, 4.69) is 36.0 Å². The summed E-state index contributed by atoms with van der Waals surface area (Å²) in [5.41, 5.74) is 1.12. The molecule has 0 aliphatic carbocycles. The van der Waals surface area contributed by atoms with Gasteiger partial charge >= 0.3 is 0 Å². The number of nitrogens with zero attached hydrogens (tertiary/aromatic N) is 2. The number of rotatable bonds is 8. The molecule has 0 saturated heterocycles. The molecule has 0 aliphatic rings. The van der Waals surface area contributed by atoms with E-state index >= 15 is 0 Å². The monoisotopic (exact) mass is 301 g/mol. The van der Waals surface area contributed by atoms with Gasteiger partial charge in [0.1, 0.15) is 0 Å². The van der Waals surface area contributed by atoms with Crippen molar-refractivity contribution in [3.05, 3.63) is 10.6 Å². The lowest BCUT2D eigenvalue weighted by molar-refractivity contribution is 0.181. The number of likely N-dealkylation sites (N-methyl/N-ethyl adjacent to an activating group) is 1. The molecule has 1 aromatic heterocycles. The smallest absolute Gasteiger partial charge is 0.185 e. The molecule has 0 spiro atoms. The number of hydrogen-bond acceptors (Lipinski definition) is 6. The van der Waals surface area contributed by atoms with E-state index in [4.69, 9.17) is 9.47 Å². The van der Waals surface area contributed by atoms with Gasteiger partial charge in [0.15, 0.2) is 5.13 Å². The molecule has 6 heteroatoms. The lowest BCUT2D eigenvalue weighted by Gasteiger charge is -2.20. The van der Waals surface area contributed by atoms with Crippen LogP contribution < -0.4 is 10.2 Å². The molecule has 0 atom stereocenters. The van der Waals surface area contributed by atoms with E-state index in [-0.39, 0.29) is 5.54 Å². The lowest BCUT2D eigenvalue weighted by Crippen LogP contribution is -2.35. The Balaban J connectivity index is 2.78. The van der Waals surface area contributed by atoms with Crippen LogP contribution in [-0.4, -0.2) is 44.9 Å². The van der Waals surface area contributed by atoms with Crippen LogP contribution in [0.25, 0.3) is 0 Å². The molecule has 0 unspecified atom stereocenters. The summed E-state index contributed by atoms with van der Waals surface area (Å²) in [6.45, 7) is 9.39. The molecule has 0 aliphatic heterocycles. The van der Waals surface area contributed by atoms with E-state index in [9.17, 15) is 0 Å². The molecule has 1 rings (SSSR count). The molecule has 1 heterocycles. The van der Waals surface area contributed by atoms with E-state index in [1.807, 2.05) is 7.05 Å². The van der Waals surface area contributed by atoms with Crippen LogP contribution in [0.1, 0.15) is 31.3 Å². The zero-order valence-corrected chi connectivity index (χ0v) is 14.3. The number of thiazole rings is 1. The van der Waals surface area contributed by atoms with Crippen LogP contribution in [0.4, 0.5) is 5.13 Å². The van der Waals surface area contributed by atoms with E-state index in [1.54, 1.807) is 25.6 Å². The number of nitrogens with one attached hydrogen (secondary N) is 1. The first kappa shape index (κ1) is 17.4. The van der Waals surface area contributed by atoms with Gasteiger partial charge in [-0.05, 0) is 20.8 Å². The highest BCUT2D eigenvalue weighted by Gasteiger charge is 2.16. The molecule has 1 aromatic rings. The first-order chi connectivity index (χ1) is 9.37. The topological polar surface area (TPSA) is 46.6 Å². The molecule has 0 fully saturated rings. The Bertz CT molecular complexity index is 402. The van der Waals surface area contributed by atoms with Crippen molar-refractivity contribution in [2.75, 3.05) is 39.3 Å². The molecule has 116 valence electrons. The van der Waals surface area contributed by atoms with Gasteiger partial charge in [0.05, 0.1) is 18.9 Å². The third kappa shape index (κ3) is 5.75. The van der Waals surface area contributed by atoms with Crippen LogP contribution in [0.3, 0.4) is 0 Å². The largest absolute Gasteiger partial charge is 0.383 e. The Hall–Kier alpha value is -0.690. The number of methoxy groups -OCH3 is 2. The highest BCUT2D eigenvalue weighted by molar-refractivity contribution is 7.15. The normalized spacial score (nSPS) is 11.9. The fourth-order valence-corrected chi connectivity index (χ4v) is 2.58. The van der Waals surface area contributed by atoms with Gasteiger partial charge in [0.2, 0.25) is 0 Å². The minimum atomic E-state index is 0.0937. The number of hydrogen-bond donors (Lipinski definition) is 1. The van der Waals surface area contributed by atoms with Gasteiger partial charge < -0.3 is 19.7 Å². The van der Waals surface area contributed by atoms with E-state index in [1.165, 1.54) is 4.88 Å². The van der Waals surface area contributed by atoms with Gasteiger partial charge in [-0.15, -0.1) is 11.3 Å². The van der Waals surface area contributed by atoms with E-state index in [0.29, 0.717) is 13.2 Å². The van der Waals surface area contributed by atoms with Crippen molar-refractivity contribution in [2.24, 2.45) is 0 Å². The Morgan fingerprint density at radius 1 is 1.25 bits per heavy atom. The fraction of sp³-hybridized carbons (Fsp3) is 0.786. The van der Waals surface area contributed by atoms with Crippen LogP contribution in [-0.2, 0) is 22.6 Å². The highest BCUT2D eigenvalue weighted by atomic mass is 32.1. The maximum atomic E-state index is 5.25. The van der Waals surface area contributed by atoms with Crippen molar-refractivity contribution in [3.8, 4) is 0 Å². The average Bonchev–Trinajstić information content (AvgIpc) is 2.76. The van der Waals surface area contributed by atoms with Crippen molar-refractivity contribution < 1.29 is 9.47 Å². The van der Waals surface area contributed by atoms with Gasteiger partial charge in [-0.2, -0.15) is 0 Å². The van der Waals surface area contributed by atoms with Crippen molar-refractivity contribution in [3.63, 3.8) is 0 Å². The molecule has 0 radical (unpaired) electrons. The van der Waals surface area contributed by atoms with Crippen molar-refractivity contribution in [2.45, 2.75) is 39.5 Å². The SMILES string of the molecule is COCCN(C)c1nc(COC)c(CNC(C)(C)C)s1. The van der Waals surface area contributed by atoms with Gasteiger partial charge in [-0.25, -0.2) is 4.98 Å². The minimum Gasteiger partial charge on any atom is -0.383 e. The Morgan fingerprint density at radius 2 is 1.95 bits per heavy atom. The maximum Gasteiger partial charge on any atom is 0.185 e. The summed E-state index contributed by atoms with van der Waals surface area (Å²) in [6.07, 6.45) is 0. The van der Waals surface area contributed by atoms with Crippen LogP contribution in [0, 0.1) is 0 Å². The molecule has 0 aromatic carbocycles. The molecular formula is C14H27N3O2S. The summed E-state index contributed by atoms with van der Waals surface area (Å²) < 4.78 is 10.4. The van der Waals surface area contributed by atoms with Crippen molar-refractivity contribution in [1.82, 2.24) is 10.3 Å². The van der Waals surface area contributed by atoms with E-state index < -0.39 is 0 Å². The third-order valence-electron chi connectivity index (χ3n) is 2.78. The summed E-state index contributed by atoms with van der Waals surface area (Å²) in [6, 6.07) is 0. The second-order valence-corrected chi connectivity index (χ2v) is 6.88. The van der Waals surface area contributed by atoms with Crippen molar-refractivity contribution in [1.29, 1.82) is 0 Å². The number of anilines is 1. The minimum absolute atomic E-state index is 0.0937. The third-order valence-corrected chi connectivity index (χ3v) is 4.00. The van der Waals surface area contributed by atoms with Gasteiger partial charge in [-0.3, -0.25) is 0 Å². The zero-order chi connectivity index (χ0) is 15.2. The Kier molecular flexibility index (Phi) is 6.88. The Morgan fingerprint density at radius 3 is 2.50 bits per heavy atom. The second kappa shape index (κ2) is 7.93. The molecule has 0 bridgehead atoms. The highest BCUT2D eigenvalue weighted by Crippen LogP contribution is 2.26. The summed E-state index contributed by atoms with van der Waals surface area (Å²) in [5.74, 6) is 0. The number of aromatic nitrogens is 1. The maximum absolute atomic E-state index is 5.25. The fourth-order valence-electron chi connectivity index (χ4n) is 1.59. The quantitative estimate of drug-likeness (QED) is 0.798. The first-order valence-electron chi connectivity index (χ1n) is 6.80. The molecule has 0 saturated carbocycles. The van der Waals surface area contributed by atoms with Gasteiger partial charge in [0.25, 0.3) is 0 Å². The predicted molar refractivity (Wildman–Crippen MR) is 84.6 cm³/mol. The lowest BCUT2D eigenvalue weighted by atomic mass is 10.1.